The number of nitrogens with zero attached hydrogens (tertiary/aromatic N) is 3. The summed E-state index contributed by atoms with van der Waals surface area (Å²) in [5.74, 6) is 3.80. The van der Waals surface area contributed by atoms with Crippen LogP contribution in [0.3, 0.4) is 0 Å². The quantitative estimate of drug-likeness (QED) is 0.245. The summed E-state index contributed by atoms with van der Waals surface area (Å²) in [7, 11) is 3.41. The predicted octanol–water partition coefficient (Wildman–Crippen LogP) is 3.45. The maximum atomic E-state index is 9.39. The highest BCUT2D eigenvalue weighted by molar-refractivity contribution is 14.0. The molecule has 8 heteroatoms. The van der Waals surface area contributed by atoms with Crippen LogP contribution >= 0.6 is 24.0 Å². The SMILES string of the molecule is CCNC(=NCC(CCO)CC(C)C)N1CCN(Cc2cc(OC)ccc2OC)CC1.I. The molecule has 1 saturated heterocycles. The van der Waals surface area contributed by atoms with Crippen LogP contribution in [0.25, 0.3) is 0 Å². The van der Waals surface area contributed by atoms with Gasteiger partial charge in [-0.15, -0.1) is 24.0 Å². The molecule has 1 aliphatic rings. The van der Waals surface area contributed by atoms with E-state index < -0.39 is 0 Å². The van der Waals surface area contributed by atoms with E-state index in [2.05, 4.69) is 42.0 Å². The number of piperazine rings is 1. The number of benzene rings is 1. The Morgan fingerprint density at radius 3 is 2.44 bits per heavy atom. The molecule has 1 aromatic carbocycles. The molecule has 0 spiro atoms. The van der Waals surface area contributed by atoms with Crippen molar-refractivity contribution in [2.24, 2.45) is 16.8 Å². The van der Waals surface area contributed by atoms with Gasteiger partial charge in [0.05, 0.1) is 14.2 Å². The minimum Gasteiger partial charge on any atom is -0.497 e. The molecule has 0 saturated carbocycles. The van der Waals surface area contributed by atoms with Gasteiger partial charge in [0.2, 0.25) is 0 Å². The molecule has 0 amide bonds. The molecular weight excluding hydrogens is 519 g/mol. The topological polar surface area (TPSA) is 69.6 Å². The van der Waals surface area contributed by atoms with E-state index in [-0.39, 0.29) is 30.6 Å². The number of methoxy groups -OCH3 is 2. The van der Waals surface area contributed by atoms with E-state index in [1.807, 2.05) is 12.1 Å². The number of rotatable bonds is 11. The maximum absolute atomic E-state index is 9.39. The average Bonchev–Trinajstić information content (AvgIpc) is 2.77. The van der Waals surface area contributed by atoms with E-state index in [1.54, 1.807) is 14.2 Å². The number of hydrogen-bond acceptors (Lipinski definition) is 5. The lowest BCUT2D eigenvalue weighted by atomic mass is 9.94. The van der Waals surface area contributed by atoms with Crippen molar-refractivity contribution in [3.63, 3.8) is 0 Å². The molecule has 0 aromatic heterocycles. The minimum atomic E-state index is 0. The van der Waals surface area contributed by atoms with Gasteiger partial charge in [-0.2, -0.15) is 0 Å². The zero-order chi connectivity index (χ0) is 22.6. The molecule has 7 nitrogen and oxygen atoms in total. The monoisotopic (exact) mass is 562 g/mol. The molecule has 184 valence electrons. The first-order valence-electron chi connectivity index (χ1n) is 11.6. The predicted molar refractivity (Wildman–Crippen MR) is 142 cm³/mol. The summed E-state index contributed by atoms with van der Waals surface area (Å²) in [6.07, 6.45) is 1.91. The molecule has 1 unspecified atom stereocenters. The molecule has 1 heterocycles. The fourth-order valence-electron chi connectivity index (χ4n) is 4.14. The van der Waals surface area contributed by atoms with Crippen molar-refractivity contribution in [1.82, 2.24) is 15.1 Å². The Morgan fingerprint density at radius 1 is 1.16 bits per heavy atom. The molecule has 1 aliphatic heterocycles. The summed E-state index contributed by atoms with van der Waals surface area (Å²) in [5, 5.41) is 12.9. The lowest BCUT2D eigenvalue weighted by Gasteiger charge is -2.37. The molecule has 2 N–H and O–H groups in total. The van der Waals surface area contributed by atoms with Crippen molar-refractivity contribution in [2.75, 3.05) is 60.1 Å². The standard InChI is InChI=1S/C24H42N4O3.HI/c1-6-25-24(26-17-20(9-14-29)15-19(2)3)28-12-10-27(11-13-28)18-21-16-22(30-4)7-8-23(21)31-5;/h7-8,16,19-20,29H,6,9-15,17-18H2,1-5H3,(H,25,26);1H. The molecule has 0 aliphatic carbocycles. The second-order valence-electron chi connectivity index (χ2n) is 8.64. The Labute approximate surface area is 211 Å². The normalized spacial score (nSPS) is 16.0. The lowest BCUT2D eigenvalue weighted by Crippen LogP contribution is -2.52. The Kier molecular flexibility index (Phi) is 14.0. The fraction of sp³-hybridized carbons (Fsp3) is 0.708. The van der Waals surface area contributed by atoms with Crippen LogP contribution in [-0.2, 0) is 6.54 Å². The van der Waals surface area contributed by atoms with Crippen LogP contribution in [0.1, 0.15) is 39.2 Å². The Balaban J connectivity index is 0.00000512. The summed E-state index contributed by atoms with van der Waals surface area (Å²) >= 11 is 0. The Bertz CT molecular complexity index is 679. The van der Waals surface area contributed by atoms with Crippen molar-refractivity contribution >= 4 is 29.9 Å². The van der Waals surface area contributed by atoms with Gasteiger partial charge in [-0.05, 0) is 49.8 Å². The van der Waals surface area contributed by atoms with Gasteiger partial charge in [-0.3, -0.25) is 9.89 Å². The lowest BCUT2D eigenvalue weighted by molar-refractivity contribution is 0.170. The number of guanidine groups is 1. The second kappa shape index (κ2) is 15.6. The van der Waals surface area contributed by atoms with E-state index in [0.717, 1.165) is 81.7 Å². The summed E-state index contributed by atoms with van der Waals surface area (Å²) in [6, 6.07) is 5.97. The van der Waals surface area contributed by atoms with Gasteiger partial charge in [-0.1, -0.05) is 13.8 Å². The first-order valence-corrected chi connectivity index (χ1v) is 11.6. The molecule has 0 radical (unpaired) electrons. The number of ether oxygens (including phenoxy) is 2. The molecule has 0 bridgehead atoms. The molecule has 1 aromatic rings. The second-order valence-corrected chi connectivity index (χ2v) is 8.64. The number of halogens is 1. The van der Waals surface area contributed by atoms with Gasteiger partial charge in [-0.25, -0.2) is 0 Å². The Hall–Kier alpha value is -1.26. The van der Waals surface area contributed by atoms with Gasteiger partial charge in [0.1, 0.15) is 11.5 Å². The van der Waals surface area contributed by atoms with E-state index >= 15 is 0 Å². The van der Waals surface area contributed by atoms with Crippen LogP contribution in [0, 0.1) is 11.8 Å². The summed E-state index contributed by atoms with van der Waals surface area (Å²) in [5.41, 5.74) is 1.15. The highest BCUT2D eigenvalue weighted by Crippen LogP contribution is 2.25. The zero-order valence-electron chi connectivity index (χ0n) is 20.5. The number of aliphatic hydroxyl groups is 1. The van der Waals surface area contributed by atoms with Gasteiger partial charge >= 0.3 is 0 Å². The van der Waals surface area contributed by atoms with Crippen molar-refractivity contribution in [1.29, 1.82) is 0 Å². The van der Waals surface area contributed by atoms with Crippen molar-refractivity contribution < 1.29 is 14.6 Å². The number of aliphatic hydroxyl groups excluding tert-OH is 1. The maximum Gasteiger partial charge on any atom is 0.194 e. The Morgan fingerprint density at radius 2 is 1.88 bits per heavy atom. The third-order valence-electron chi connectivity index (χ3n) is 5.73. The number of aliphatic imine (C=N–C) groups is 1. The average molecular weight is 563 g/mol. The van der Waals surface area contributed by atoms with Crippen LogP contribution < -0.4 is 14.8 Å². The van der Waals surface area contributed by atoms with Gasteiger partial charge < -0.3 is 24.8 Å². The van der Waals surface area contributed by atoms with Crippen LogP contribution in [0.5, 0.6) is 11.5 Å². The van der Waals surface area contributed by atoms with Gasteiger partial charge in [0, 0.05) is 58.0 Å². The third-order valence-corrected chi connectivity index (χ3v) is 5.73. The van der Waals surface area contributed by atoms with Gasteiger partial charge in [0.25, 0.3) is 0 Å². The number of hydrogen-bond donors (Lipinski definition) is 2. The minimum absolute atomic E-state index is 0. The first-order chi connectivity index (χ1) is 15.0. The smallest absolute Gasteiger partial charge is 0.194 e. The van der Waals surface area contributed by atoms with E-state index in [1.165, 1.54) is 0 Å². The van der Waals surface area contributed by atoms with Crippen LogP contribution in [-0.4, -0.2) is 81.0 Å². The summed E-state index contributed by atoms with van der Waals surface area (Å²) in [6.45, 7) is 13.1. The third kappa shape index (κ3) is 9.31. The van der Waals surface area contributed by atoms with Crippen molar-refractivity contribution in [3.05, 3.63) is 23.8 Å². The molecular formula is C24H43IN4O3. The molecule has 1 atom stereocenters. The number of nitrogens with one attached hydrogen (secondary N) is 1. The van der Waals surface area contributed by atoms with Crippen molar-refractivity contribution in [3.8, 4) is 11.5 Å². The summed E-state index contributed by atoms with van der Waals surface area (Å²) < 4.78 is 10.9. The molecule has 32 heavy (non-hydrogen) atoms. The highest BCUT2D eigenvalue weighted by Gasteiger charge is 2.21. The van der Waals surface area contributed by atoms with Gasteiger partial charge in [0.15, 0.2) is 5.96 Å². The van der Waals surface area contributed by atoms with Crippen LogP contribution in [0.2, 0.25) is 0 Å². The zero-order valence-corrected chi connectivity index (χ0v) is 22.8. The first kappa shape index (κ1) is 28.8. The largest absolute Gasteiger partial charge is 0.497 e. The molecule has 2 rings (SSSR count). The molecule has 1 fully saturated rings. The summed E-state index contributed by atoms with van der Waals surface area (Å²) in [4.78, 5) is 9.74. The fourth-order valence-corrected chi connectivity index (χ4v) is 4.14. The van der Waals surface area contributed by atoms with Crippen LogP contribution in [0.15, 0.2) is 23.2 Å². The van der Waals surface area contributed by atoms with E-state index in [9.17, 15) is 5.11 Å². The highest BCUT2D eigenvalue weighted by atomic mass is 127. The van der Waals surface area contributed by atoms with E-state index in [4.69, 9.17) is 14.5 Å². The van der Waals surface area contributed by atoms with E-state index in [0.29, 0.717) is 11.8 Å². The van der Waals surface area contributed by atoms with Crippen molar-refractivity contribution in [2.45, 2.75) is 40.2 Å². The van der Waals surface area contributed by atoms with Crippen LogP contribution in [0.4, 0.5) is 0 Å².